The lowest BCUT2D eigenvalue weighted by Gasteiger charge is -2.38. The second-order valence-corrected chi connectivity index (χ2v) is 5.22. The van der Waals surface area contributed by atoms with Gasteiger partial charge in [0.2, 0.25) is 0 Å². The van der Waals surface area contributed by atoms with E-state index in [1.54, 1.807) is 7.11 Å². The average molecular weight is 238 g/mol. The molecular weight excluding hydrogens is 212 g/mol. The molecule has 1 saturated carbocycles. The Morgan fingerprint density at radius 3 is 2.76 bits per heavy atom. The zero-order chi connectivity index (χ0) is 12.7. The topological polar surface area (TPSA) is 36.3 Å². The number of hydrogen-bond donors (Lipinski definition) is 0. The van der Waals surface area contributed by atoms with Crippen molar-refractivity contribution in [1.82, 2.24) is 4.90 Å². The third-order valence-electron chi connectivity index (χ3n) is 4.09. The van der Waals surface area contributed by atoms with Crippen LogP contribution in [0.4, 0.5) is 0 Å². The van der Waals surface area contributed by atoms with Crippen LogP contribution in [0, 0.1) is 23.2 Å². The Hall–Kier alpha value is -0.590. The van der Waals surface area contributed by atoms with E-state index in [0.717, 1.165) is 31.9 Å². The van der Waals surface area contributed by atoms with Crippen molar-refractivity contribution < 1.29 is 4.74 Å². The number of ether oxygens (including phenoxy) is 1. The molecule has 0 aromatic rings. The quantitative estimate of drug-likeness (QED) is 0.667. The second-order valence-electron chi connectivity index (χ2n) is 5.22. The minimum absolute atomic E-state index is 0.227. The van der Waals surface area contributed by atoms with Gasteiger partial charge in [-0.05, 0) is 38.6 Å². The predicted octanol–water partition coefficient (Wildman–Crippen LogP) is 2.67. The van der Waals surface area contributed by atoms with Gasteiger partial charge in [0, 0.05) is 26.3 Å². The molecule has 0 aromatic carbocycles. The van der Waals surface area contributed by atoms with E-state index >= 15 is 0 Å². The molecule has 0 amide bonds. The van der Waals surface area contributed by atoms with Crippen LogP contribution < -0.4 is 0 Å². The van der Waals surface area contributed by atoms with Crippen LogP contribution in [0.2, 0.25) is 0 Å². The van der Waals surface area contributed by atoms with Crippen molar-refractivity contribution in [2.45, 2.75) is 45.1 Å². The zero-order valence-electron chi connectivity index (χ0n) is 11.5. The van der Waals surface area contributed by atoms with Crippen molar-refractivity contribution in [3.8, 4) is 6.07 Å². The monoisotopic (exact) mass is 238 g/mol. The Kier molecular flexibility index (Phi) is 6.54. The molecule has 1 fully saturated rings. The van der Waals surface area contributed by atoms with Gasteiger partial charge in [-0.3, -0.25) is 0 Å². The van der Waals surface area contributed by atoms with E-state index in [1.165, 1.54) is 19.3 Å². The van der Waals surface area contributed by atoms with Gasteiger partial charge in [0.05, 0.1) is 12.0 Å². The highest BCUT2D eigenvalue weighted by atomic mass is 16.5. The summed E-state index contributed by atoms with van der Waals surface area (Å²) in [6.07, 6.45) is 5.81. The first kappa shape index (κ1) is 14.5. The highest BCUT2D eigenvalue weighted by Gasteiger charge is 2.32. The van der Waals surface area contributed by atoms with E-state index in [4.69, 9.17) is 4.74 Å². The molecule has 98 valence electrons. The summed E-state index contributed by atoms with van der Waals surface area (Å²) in [6.45, 7) is 4.11. The predicted molar refractivity (Wildman–Crippen MR) is 69.6 cm³/mol. The van der Waals surface area contributed by atoms with Crippen molar-refractivity contribution in [2.75, 3.05) is 27.3 Å². The number of nitriles is 1. The summed E-state index contributed by atoms with van der Waals surface area (Å²) in [5.41, 5.74) is 0. The van der Waals surface area contributed by atoms with Gasteiger partial charge >= 0.3 is 0 Å². The molecule has 1 rings (SSSR count). The SMILES string of the molecule is CCC1CCC(C#N)C(N(C)CCCOC)C1. The largest absolute Gasteiger partial charge is 0.385 e. The molecule has 3 unspecified atom stereocenters. The molecule has 0 saturated heterocycles. The maximum Gasteiger partial charge on any atom is 0.0672 e. The van der Waals surface area contributed by atoms with E-state index in [0.29, 0.717) is 6.04 Å². The first-order chi connectivity index (χ1) is 8.22. The minimum atomic E-state index is 0.227. The number of rotatable bonds is 6. The Labute approximate surface area is 106 Å². The summed E-state index contributed by atoms with van der Waals surface area (Å²) < 4.78 is 5.08. The van der Waals surface area contributed by atoms with Crippen LogP contribution in [0.5, 0.6) is 0 Å². The van der Waals surface area contributed by atoms with Gasteiger partial charge in [-0.25, -0.2) is 0 Å². The molecule has 0 heterocycles. The van der Waals surface area contributed by atoms with Crippen molar-refractivity contribution in [2.24, 2.45) is 11.8 Å². The van der Waals surface area contributed by atoms with Crippen LogP contribution in [-0.4, -0.2) is 38.3 Å². The standard InChI is InChI=1S/C14H26N2O/c1-4-12-6-7-13(11-15)14(10-12)16(2)8-5-9-17-3/h12-14H,4-10H2,1-3H3. The molecule has 0 radical (unpaired) electrons. The molecule has 0 aromatic heterocycles. The number of hydrogen-bond acceptors (Lipinski definition) is 3. The van der Waals surface area contributed by atoms with Crippen molar-refractivity contribution in [3.63, 3.8) is 0 Å². The van der Waals surface area contributed by atoms with E-state index in [-0.39, 0.29) is 5.92 Å². The minimum Gasteiger partial charge on any atom is -0.385 e. The molecule has 1 aliphatic carbocycles. The maximum atomic E-state index is 9.24. The first-order valence-electron chi connectivity index (χ1n) is 6.81. The van der Waals surface area contributed by atoms with Gasteiger partial charge in [0.15, 0.2) is 0 Å². The Morgan fingerprint density at radius 1 is 1.41 bits per heavy atom. The smallest absolute Gasteiger partial charge is 0.0672 e. The van der Waals surface area contributed by atoms with Gasteiger partial charge in [-0.15, -0.1) is 0 Å². The molecular formula is C14H26N2O. The van der Waals surface area contributed by atoms with Gasteiger partial charge in [-0.1, -0.05) is 13.3 Å². The van der Waals surface area contributed by atoms with Crippen LogP contribution in [-0.2, 0) is 4.74 Å². The van der Waals surface area contributed by atoms with Gasteiger partial charge in [0.25, 0.3) is 0 Å². The Balaban J connectivity index is 2.47. The molecule has 0 bridgehead atoms. The fourth-order valence-corrected chi connectivity index (χ4v) is 2.86. The Bertz CT molecular complexity index is 249. The lowest BCUT2D eigenvalue weighted by molar-refractivity contribution is 0.109. The van der Waals surface area contributed by atoms with E-state index in [9.17, 15) is 5.26 Å². The van der Waals surface area contributed by atoms with Crippen LogP contribution >= 0.6 is 0 Å². The molecule has 17 heavy (non-hydrogen) atoms. The van der Waals surface area contributed by atoms with Crippen LogP contribution in [0.15, 0.2) is 0 Å². The van der Waals surface area contributed by atoms with Gasteiger partial charge in [-0.2, -0.15) is 5.26 Å². The number of nitrogens with zero attached hydrogens (tertiary/aromatic N) is 2. The molecule has 3 nitrogen and oxygen atoms in total. The fourth-order valence-electron chi connectivity index (χ4n) is 2.86. The van der Waals surface area contributed by atoms with Gasteiger partial charge in [0.1, 0.15) is 0 Å². The number of methoxy groups -OCH3 is 1. The zero-order valence-corrected chi connectivity index (χ0v) is 11.5. The molecule has 3 atom stereocenters. The van der Waals surface area contributed by atoms with Gasteiger partial charge < -0.3 is 9.64 Å². The first-order valence-corrected chi connectivity index (χ1v) is 6.81. The van der Waals surface area contributed by atoms with Crippen molar-refractivity contribution in [1.29, 1.82) is 5.26 Å². The molecule has 0 aliphatic heterocycles. The average Bonchev–Trinajstić information content (AvgIpc) is 2.38. The maximum absolute atomic E-state index is 9.24. The normalized spacial score (nSPS) is 29.2. The summed E-state index contributed by atoms with van der Waals surface area (Å²) in [6, 6.07) is 2.95. The second kappa shape index (κ2) is 7.68. The van der Waals surface area contributed by atoms with Crippen LogP contribution in [0.1, 0.15) is 39.0 Å². The third kappa shape index (κ3) is 4.29. The van der Waals surface area contributed by atoms with E-state index in [1.807, 2.05) is 0 Å². The van der Waals surface area contributed by atoms with Crippen LogP contribution in [0.3, 0.4) is 0 Å². The van der Waals surface area contributed by atoms with Crippen LogP contribution in [0.25, 0.3) is 0 Å². The molecule has 3 heteroatoms. The Morgan fingerprint density at radius 2 is 2.18 bits per heavy atom. The van der Waals surface area contributed by atoms with E-state index < -0.39 is 0 Å². The summed E-state index contributed by atoms with van der Waals surface area (Å²) in [5, 5.41) is 9.24. The molecule has 0 spiro atoms. The third-order valence-corrected chi connectivity index (χ3v) is 4.09. The lowest BCUT2D eigenvalue weighted by atomic mass is 9.77. The summed E-state index contributed by atoms with van der Waals surface area (Å²) in [4.78, 5) is 2.37. The van der Waals surface area contributed by atoms with Crippen molar-refractivity contribution in [3.05, 3.63) is 0 Å². The summed E-state index contributed by atoms with van der Waals surface area (Å²) in [5.74, 6) is 1.04. The summed E-state index contributed by atoms with van der Waals surface area (Å²) in [7, 11) is 3.90. The highest BCUT2D eigenvalue weighted by molar-refractivity contribution is 4.96. The van der Waals surface area contributed by atoms with Crippen molar-refractivity contribution >= 4 is 0 Å². The van der Waals surface area contributed by atoms with E-state index in [2.05, 4.69) is 24.9 Å². The lowest BCUT2D eigenvalue weighted by Crippen LogP contribution is -2.42. The molecule has 1 aliphatic rings. The fraction of sp³-hybridized carbons (Fsp3) is 0.929. The summed E-state index contributed by atoms with van der Waals surface area (Å²) >= 11 is 0. The molecule has 0 N–H and O–H groups in total. The highest BCUT2D eigenvalue weighted by Crippen LogP contribution is 2.33.